The van der Waals surface area contributed by atoms with E-state index in [0.717, 1.165) is 19.6 Å². The zero-order chi connectivity index (χ0) is 14.7. The van der Waals surface area contributed by atoms with E-state index in [-0.39, 0.29) is 18.3 Å². The SMILES string of the molecule is C[C@H]1CNCCN1CC(=O)Nc1c(Cl)cc(Cl)cc1Cl.Cl. The molecule has 1 atom stereocenters. The van der Waals surface area contributed by atoms with Crippen molar-refractivity contribution in [2.45, 2.75) is 13.0 Å². The number of nitrogens with one attached hydrogen (secondary N) is 2. The van der Waals surface area contributed by atoms with Gasteiger partial charge in [0.2, 0.25) is 5.91 Å². The number of anilines is 1. The summed E-state index contributed by atoms with van der Waals surface area (Å²) in [7, 11) is 0. The molecule has 0 unspecified atom stereocenters. The summed E-state index contributed by atoms with van der Waals surface area (Å²) in [5, 5.41) is 7.14. The highest BCUT2D eigenvalue weighted by Crippen LogP contribution is 2.33. The fraction of sp³-hybridized carbons (Fsp3) is 0.462. The van der Waals surface area contributed by atoms with Gasteiger partial charge in [0, 0.05) is 30.7 Å². The number of halogens is 4. The standard InChI is InChI=1S/C13H16Cl3N3O.ClH/c1-8-6-17-2-3-19(8)7-12(20)18-13-10(15)4-9(14)5-11(13)16;/h4-5,8,17H,2-3,6-7H2,1H3,(H,18,20);1H/t8-;/m0./s1. The van der Waals surface area contributed by atoms with Gasteiger partial charge in [0.05, 0.1) is 22.3 Å². The van der Waals surface area contributed by atoms with Crippen molar-refractivity contribution in [3.63, 3.8) is 0 Å². The Kier molecular flexibility index (Phi) is 7.54. The van der Waals surface area contributed by atoms with Gasteiger partial charge in [-0.05, 0) is 19.1 Å². The van der Waals surface area contributed by atoms with Crippen molar-refractivity contribution >= 4 is 58.8 Å². The van der Waals surface area contributed by atoms with E-state index in [4.69, 9.17) is 34.8 Å². The maximum absolute atomic E-state index is 12.1. The molecule has 1 amide bonds. The van der Waals surface area contributed by atoms with Crippen LogP contribution in [0.15, 0.2) is 12.1 Å². The van der Waals surface area contributed by atoms with Crippen LogP contribution in [-0.2, 0) is 4.79 Å². The second-order valence-electron chi connectivity index (χ2n) is 4.82. The summed E-state index contributed by atoms with van der Waals surface area (Å²) in [6, 6.07) is 3.43. The number of carbonyl (C=O) groups is 1. The van der Waals surface area contributed by atoms with Crippen molar-refractivity contribution in [3.8, 4) is 0 Å². The summed E-state index contributed by atoms with van der Waals surface area (Å²) in [5.41, 5.74) is 0.408. The topological polar surface area (TPSA) is 44.4 Å². The van der Waals surface area contributed by atoms with E-state index in [9.17, 15) is 4.79 Å². The van der Waals surface area contributed by atoms with E-state index in [0.29, 0.717) is 33.3 Å². The predicted molar refractivity (Wildman–Crippen MR) is 91.3 cm³/mol. The van der Waals surface area contributed by atoms with Crippen LogP contribution >= 0.6 is 47.2 Å². The van der Waals surface area contributed by atoms with Crippen molar-refractivity contribution in [1.29, 1.82) is 0 Å². The van der Waals surface area contributed by atoms with Gasteiger partial charge < -0.3 is 10.6 Å². The number of benzene rings is 1. The Labute approximate surface area is 145 Å². The molecular formula is C13H17Cl4N3O. The molecule has 118 valence electrons. The van der Waals surface area contributed by atoms with Gasteiger partial charge in [-0.3, -0.25) is 9.69 Å². The van der Waals surface area contributed by atoms with Gasteiger partial charge in [0.15, 0.2) is 0 Å². The van der Waals surface area contributed by atoms with Gasteiger partial charge in [-0.1, -0.05) is 34.8 Å². The molecule has 0 spiro atoms. The maximum Gasteiger partial charge on any atom is 0.238 e. The van der Waals surface area contributed by atoms with E-state index in [1.54, 1.807) is 12.1 Å². The molecule has 0 bridgehead atoms. The van der Waals surface area contributed by atoms with Crippen molar-refractivity contribution in [2.24, 2.45) is 0 Å². The summed E-state index contributed by atoms with van der Waals surface area (Å²) >= 11 is 17.9. The largest absolute Gasteiger partial charge is 0.322 e. The molecule has 1 heterocycles. The summed E-state index contributed by atoms with van der Waals surface area (Å²) in [6.45, 7) is 5.02. The van der Waals surface area contributed by atoms with Crippen molar-refractivity contribution in [3.05, 3.63) is 27.2 Å². The van der Waals surface area contributed by atoms with Gasteiger partial charge in [-0.15, -0.1) is 12.4 Å². The normalized spacial score (nSPS) is 19.0. The summed E-state index contributed by atoms with van der Waals surface area (Å²) in [4.78, 5) is 14.2. The minimum absolute atomic E-state index is 0. The molecule has 0 aromatic heterocycles. The lowest BCUT2D eigenvalue weighted by Gasteiger charge is -2.33. The van der Waals surface area contributed by atoms with E-state index in [2.05, 4.69) is 22.5 Å². The molecular weight excluding hydrogens is 356 g/mol. The molecule has 1 aromatic carbocycles. The van der Waals surface area contributed by atoms with Gasteiger partial charge in [-0.2, -0.15) is 0 Å². The first-order valence-electron chi connectivity index (χ1n) is 6.36. The van der Waals surface area contributed by atoms with Crippen LogP contribution in [0, 0.1) is 0 Å². The molecule has 21 heavy (non-hydrogen) atoms. The van der Waals surface area contributed by atoms with Gasteiger partial charge in [-0.25, -0.2) is 0 Å². The molecule has 1 aliphatic heterocycles. The number of hydrogen-bond donors (Lipinski definition) is 2. The molecule has 8 heteroatoms. The number of piperazine rings is 1. The summed E-state index contributed by atoms with van der Waals surface area (Å²) in [5.74, 6) is -0.134. The third-order valence-electron chi connectivity index (χ3n) is 3.26. The summed E-state index contributed by atoms with van der Waals surface area (Å²) in [6.07, 6.45) is 0. The van der Waals surface area contributed by atoms with Gasteiger partial charge >= 0.3 is 0 Å². The monoisotopic (exact) mass is 371 g/mol. The number of amides is 1. The Morgan fingerprint density at radius 1 is 1.38 bits per heavy atom. The second-order valence-corrected chi connectivity index (χ2v) is 6.07. The first kappa shape index (κ1) is 18.8. The highest BCUT2D eigenvalue weighted by Gasteiger charge is 2.21. The minimum Gasteiger partial charge on any atom is -0.322 e. The number of hydrogen-bond acceptors (Lipinski definition) is 3. The average Bonchev–Trinajstić information content (AvgIpc) is 2.36. The summed E-state index contributed by atoms with van der Waals surface area (Å²) < 4.78 is 0. The maximum atomic E-state index is 12.1. The average molecular weight is 373 g/mol. The molecule has 0 radical (unpaired) electrons. The molecule has 2 N–H and O–H groups in total. The number of nitrogens with zero attached hydrogens (tertiary/aromatic N) is 1. The Balaban J connectivity index is 0.00000220. The van der Waals surface area contributed by atoms with E-state index < -0.39 is 0 Å². The minimum atomic E-state index is -0.134. The number of rotatable bonds is 3. The van der Waals surface area contributed by atoms with Crippen LogP contribution < -0.4 is 10.6 Å². The Hall–Kier alpha value is -0.230. The van der Waals surface area contributed by atoms with Crippen molar-refractivity contribution in [2.75, 3.05) is 31.5 Å². The van der Waals surface area contributed by atoms with Gasteiger partial charge in [0.25, 0.3) is 0 Å². The molecule has 1 aromatic rings. The van der Waals surface area contributed by atoms with Gasteiger partial charge in [0.1, 0.15) is 0 Å². The number of carbonyl (C=O) groups excluding carboxylic acids is 1. The van der Waals surface area contributed by atoms with Crippen LogP contribution in [0.1, 0.15) is 6.92 Å². The lowest BCUT2D eigenvalue weighted by molar-refractivity contribution is -0.118. The smallest absolute Gasteiger partial charge is 0.238 e. The lowest BCUT2D eigenvalue weighted by atomic mass is 10.2. The van der Waals surface area contributed by atoms with Crippen molar-refractivity contribution < 1.29 is 4.79 Å². The third kappa shape index (κ3) is 5.16. The zero-order valence-electron chi connectivity index (χ0n) is 11.5. The predicted octanol–water partition coefficient (Wildman–Crippen LogP) is 3.30. The van der Waals surface area contributed by atoms with Crippen LogP contribution in [0.2, 0.25) is 15.1 Å². The highest BCUT2D eigenvalue weighted by atomic mass is 35.5. The molecule has 1 fully saturated rings. The molecule has 0 saturated carbocycles. The fourth-order valence-corrected chi connectivity index (χ4v) is 3.05. The van der Waals surface area contributed by atoms with E-state index in [1.165, 1.54) is 0 Å². The zero-order valence-corrected chi connectivity index (χ0v) is 14.5. The van der Waals surface area contributed by atoms with Crippen LogP contribution in [0.3, 0.4) is 0 Å². The first-order chi connectivity index (χ1) is 9.47. The van der Waals surface area contributed by atoms with E-state index in [1.807, 2.05) is 0 Å². The molecule has 4 nitrogen and oxygen atoms in total. The Morgan fingerprint density at radius 2 is 2.00 bits per heavy atom. The Morgan fingerprint density at radius 3 is 2.57 bits per heavy atom. The quantitative estimate of drug-likeness (QED) is 0.855. The fourth-order valence-electron chi connectivity index (χ4n) is 2.14. The molecule has 1 saturated heterocycles. The second kappa shape index (κ2) is 8.42. The Bertz CT molecular complexity index is 489. The van der Waals surface area contributed by atoms with Crippen LogP contribution in [0.25, 0.3) is 0 Å². The third-order valence-corrected chi connectivity index (χ3v) is 4.07. The van der Waals surface area contributed by atoms with Crippen LogP contribution in [0.5, 0.6) is 0 Å². The first-order valence-corrected chi connectivity index (χ1v) is 7.50. The molecule has 0 aliphatic carbocycles. The van der Waals surface area contributed by atoms with Crippen LogP contribution in [-0.4, -0.2) is 43.0 Å². The lowest BCUT2D eigenvalue weighted by Crippen LogP contribution is -2.52. The molecule has 2 rings (SSSR count). The van der Waals surface area contributed by atoms with Crippen molar-refractivity contribution in [1.82, 2.24) is 10.2 Å². The molecule has 1 aliphatic rings. The highest BCUT2D eigenvalue weighted by molar-refractivity contribution is 6.42. The van der Waals surface area contributed by atoms with E-state index >= 15 is 0 Å². The van der Waals surface area contributed by atoms with Crippen LogP contribution in [0.4, 0.5) is 5.69 Å².